The third-order valence-corrected chi connectivity index (χ3v) is 7.35. The van der Waals surface area contributed by atoms with Gasteiger partial charge in [0, 0.05) is 36.6 Å². The molecule has 1 aliphatic heterocycles. The monoisotopic (exact) mass is 429 g/mol. The maximum Gasteiger partial charge on any atom is 0.266 e. The number of nitrogens with zero attached hydrogens (tertiary/aromatic N) is 3. The van der Waals surface area contributed by atoms with Crippen LogP contribution in [-0.2, 0) is 6.42 Å². The van der Waals surface area contributed by atoms with E-state index >= 15 is 0 Å². The molecular weight excluding hydrogens is 402 g/mol. The second-order valence-electron chi connectivity index (χ2n) is 8.56. The molecule has 0 bridgehead atoms. The lowest BCUT2D eigenvalue weighted by Crippen LogP contribution is -2.38. The average molecular weight is 430 g/mol. The predicted octanol–water partition coefficient (Wildman–Crippen LogP) is 5.80. The molecule has 5 rings (SSSR count). The SMILES string of the molecule is Cc1cc(C)c2c(-n3cccc3)c(C(=O)N3CCC(Cc4ccccc4)CC3)sc2n1. The Balaban J connectivity index is 1.42. The normalized spacial score (nSPS) is 15.0. The summed E-state index contributed by atoms with van der Waals surface area (Å²) >= 11 is 1.53. The number of pyridine rings is 1. The maximum absolute atomic E-state index is 13.6. The Bertz CT molecular complexity index is 1200. The van der Waals surface area contributed by atoms with E-state index in [9.17, 15) is 4.79 Å². The number of carbonyl (C=O) groups is 1. The van der Waals surface area contributed by atoms with Crippen molar-refractivity contribution in [2.24, 2.45) is 5.92 Å². The van der Waals surface area contributed by atoms with Crippen molar-refractivity contribution in [1.82, 2.24) is 14.5 Å². The Morgan fingerprint density at radius 3 is 2.48 bits per heavy atom. The van der Waals surface area contributed by atoms with E-state index in [1.165, 1.54) is 22.5 Å². The van der Waals surface area contributed by atoms with Crippen molar-refractivity contribution in [3.63, 3.8) is 0 Å². The second-order valence-corrected chi connectivity index (χ2v) is 9.56. The first-order valence-electron chi connectivity index (χ1n) is 11.0. The van der Waals surface area contributed by atoms with Gasteiger partial charge < -0.3 is 9.47 Å². The standard InChI is InChI=1S/C26H27N3OS/c1-18-16-19(2)27-25-22(18)23(28-12-6-7-13-28)24(31-25)26(30)29-14-10-21(11-15-29)17-20-8-4-3-5-9-20/h3-9,12-13,16,21H,10-11,14-15,17H2,1-2H3. The largest absolute Gasteiger partial charge is 0.338 e. The van der Waals surface area contributed by atoms with Crippen LogP contribution in [-0.4, -0.2) is 33.4 Å². The van der Waals surface area contributed by atoms with E-state index in [1.807, 2.05) is 36.4 Å². The van der Waals surface area contributed by atoms with Crippen LogP contribution >= 0.6 is 11.3 Å². The summed E-state index contributed by atoms with van der Waals surface area (Å²) in [5, 5.41) is 1.09. The molecule has 4 aromatic rings. The van der Waals surface area contributed by atoms with Gasteiger partial charge in [-0.2, -0.15) is 0 Å². The topological polar surface area (TPSA) is 38.1 Å². The number of benzene rings is 1. The van der Waals surface area contributed by atoms with E-state index < -0.39 is 0 Å². The summed E-state index contributed by atoms with van der Waals surface area (Å²) in [5.41, 5.74) is 4.53. The molecule has 0 radical (unpaired) electrons. The van der Waals surface area contributed by atoms with Crippen LogP contribution in [0.15, 0.2) is 60.9 Å². The number of carbonyl (C=O) groups excluding carboxylic acids is 1. The van der Waals surface area contributed by atoms with E-state index in [2.05, 4.69) is 47.9 Å². The van der Waals surface area contributed by atoms with E-state index in [0.29, 0.717) is 5.92 Å². The van der Waals surface area contributed by atoms with Crippen molar-refractivity contribution >= 4 is 27.5 Å². The van der Waals surface area contributed by atoms with Gasteiger partial charge >= 0.3 is 0 Å². The zero-order valence-electron chi connectivity index (χ0n) is 18.0. The van der Waals surface area contributed by atoms with Gasteiger partial charge in [-0.05, 0) is 68.4 Å². The predicted molar refractivity (Wildman–Crippen MR) is 127 cm³/mol. The highest BCUT2D eigenvalue weighted by molar-refractivity contribution is 7.21. The van der Waals surface area contributed by atoms with Crippen molar-refractivity contribution in [2.45, 2.75) is 33.1 Å². The molecule has 3 aromatic heterocycles. The fraction of sp³-hybridized carbons (Fsp3) is 0.308. The molecule has 1 aromatic carbocycles. The van der Waals surface area contributed by atoms with Crippen molar-refractivity contribution in [3.05, 3.63) is 82.6 Å². The first-order chi connectivity index (χ1) is 15.1. The first-order valence-corrected chi connectivity index (χ1v) is 11.8. The highest BCUT2D eigenvalue weighted by Crippen LogP contribution is 2.37. The minimum Gasteiger partial charge on any atom is -0.338 e. The molecule has 4 nitrogen and oxygen atoms in total. The molecular formula is C26H27N3OS. The highest BCUT2D eigenvalue weighted by Gasteiger charge is 2.29. The summed E-state index contributed by atoms with van der Waals surface area (Å²) in [7, 11) is 0. The summed E-state index contributed by atoms with van der Waals surface area (Å²) in [6.07, 6.45) is 7.25. The number of likely N-dealkylation sites (tertiary alicyclic amines) is 1. The Morgan fingerprint density at radius 1 is 1.06 bits per heavy atom. The number of thiophene rings is 1. The van der Waals surface area contributed by atoms with Crippen molar-refractivity contribution in [3.8, 4) is 5.69 Å². The number of rotatable bonds is 4. The molecule has 0 atom stereocenters. The Labute approximate surface area is 187 Å². The lowest BCUT2D eigenvalue weighted by Gasteiger charge is -2.32. The molecule has 5 heteroatoms. The molecule has 1 saturated heterocycles. The van der Waals surface area contributed by atoms with E-state index in [-0.39, 0.29) is 5.91 Å². The molecule has 0 unspecified atom stereocenters. The molecule has 31 heavy (non-hydrogen) atoms. The van der Waals surface area contributed by atoms with Crippen molar-refractivity contribution < 1.29 is 4.79 Å². The smallest absolute Gasteiger partial charge is 0.266 e. The quantitative estimate of drug-likeness (QED) is 0.411. The van der Waals surface area contributed by atoms with Gasteiger partial charge in [0.05, 0.1) is 5.69 Å². The number of fused-ring (bicyclic) bond motifs is 1. The fourth-order valence-corrected chi connectivity index (χ4v) is 5.99. The molecule has 1 amide bonds. The zero-order valence-corrected chi connectivity index (χ0v) is 18.9. The fourth-order valence-electron chi connectivity index (χ4n) is 4.73. The number of amides is 1. The van der Waals surface area contributed by atoms with Gasteiger partial charge in [-0.1, -0.05) is 30.3 Å². The molecule has 0 N–H and O–H groups in total. The molecule has 0 aliphatic carbocycles. The third-order valence-electron chi connectivity index (χ3n) is 6.29. The van der Waals surface area contributed by atoms with Crippen LogP contribution in [0, 0.1) is 19.8 Å². The van der Waals surface area contributed by atoms with Gasteiger partial charge in [-0.3, -0.25) is 4.79 Å². The van der Waals surface area contributed by atoms with Crippen LogP contribution in [0.1, 0.15) is 39.3 Å². The number of piperidine rings is 1. The number of hydrogen-bond acceptors (Lipinski definition) is 3. The molecule has 1 aliphatic rings. The summed E-state index contributed by atoms with van der Waals surface area (Å²) in [6.45, 7) is 5.77. The lowest BCUT2D eigenvalue weighted by molar-refractivity contribution is 0.0695. The highest BCUT2D eigenvalue weighted by atomic mass is 32.1. The minimum absolute atomic E-state index is 0.141. The average Bonchev–Trinajstić information content (AvgIpc) is 3.42. The summed E-state index contributed by atoms with van der Waals surface area (Å²) in [5.74, 6) is 0.784. The number of aromatic nitrogens is 2. The van der Waals surface area contributed by atoms with Crippen molar-refractivity contribution in [2.75, 3.05) is 13.1 Å². The number of aryl methyl sites for hydroxylation is 2. The maximum atomic E-state index is 13.6. The minimum atomic E-state index is 0.141. The van der Waals surface area contributed by atoms with Gasteiger partial charge in [0.25, 0.3) is 5.91 Å². The molecule has 0 spiro atoms. The van der Waals surface area contributed by atoms with Crippen LogP contribution in [0.2, 0.25) is 0 Å². The molecule has 0 saturated carbocycles. The van der Waals surface area contributed by atoms with E-state index in [1.54, 1.807) is 0 Å². The van der Waals surface area contributed by atoms with Crippen molar-refractivity contribution in [1.29, 1.82) is 0 Å². The third kappa shape index (κ3) is 3.90. The van der Waals surface area contributed by atoms with Gasteiger partial charge in [0.1, 0.15) is 9.71 Å². The van der Waals surface area contributed by atoms with Gasteiger partial charge in [0.2, 0.25) is 0 Å². The second kappa shape index (κ2) is 8.31. The summed E-state index contributed by atoms with van der Waals surface area (Å²) < 4.78 is 2.07. The Morgan fingerprint density at radius 2 is 1.77 bits per heavy atom. The van der Waals surface area contributed by atoms with Crippen LogP contribution < -0.4 is 0 Å². The number of hydrogen-bond donors (Lipinski definition) is 0. The Hall–Kier alpha value is -2.92. The van der Waals surface area contributed by atoms with Gasteiger partial charge in [-0.15, -0.1) is 11.3 Å². The summed E-state index contributed by atoms with van der Waals surface area (Å²) in [6, 6.07) is 16.8. The van der Waals surface area contributed by atoms with Crippen LogP contribution in [0.5, 0.6) is 0 Å². The van der Waals surface area contributed by atoms with Crippen LogP contribution in [0.3, 0.4) is 0 Å². The lowest BCUT2D eigenvalue weighted by atomic mass is 9.90. The zero-order chi connectivity index (χ0) is 21.4. The van der Waals surface area contributed by atoms with E-state index in [0.717, 1.165) is 58.8 Å². The molecule has 158 valence electrons. The summed E-state index contributed by atoms with van der Waals surface area (Å²) in [4.78, 5) is 22.2. The van der Waals surface area contributed by atoms with Gasteiger partial charge in [-0.25, -0.2) is 4.98 Å². The van der Waals surface area contributed by atoms with Crippen LogP contribution in [0.4, 0.5) is 0 Å². The Kier molecular flexibility index (Phi) is 5.36. The van der Waals surface area contributed by atoms with Crippen LogP contribution in [0.25, 0.3) is 15.9 Å². The molecule has 4 heterocycles. The molecule has 1 fully saturated rings. The first kappa shape index (κ1) is 20.0. The van der Waals surface area contributed by atoms with E-state index in [4.69, 9.17) is 4.98 Å². The van der Waals surface area contributed by atoms with Gasteiger partial charge in [0.15, 0.2) is 0 Å².